The van der Waals surface area contributed by atoms with Gasteiger partial charge in [-0.3, -0.25) is 0 Å². The molecule has 0 saturated carbocycles. The molecule has 0 bridgehead atoms. The van der Waals surface area contributed by atoms with Crippen molar-refractivity contribution in [3.63, 3.8) is 0 Å². The van der Waals surface area contributed by atoms with E-state index in [1.165, 1.54) is 5.56 Å². The van der Waals surface area contributed by atoms with E-state index in [2.05, 4.69) is 11.4 Å². The van der Waals surface area contributed by atoms with Gasteiger partial charge in [0.05, 0.1) is 12.3 Å². The number of anilines is 1. The fraction of sp³-hybridized carbons (Fsp3) is 0.333. The van der Waals surface area contributed by atoms with E-state index < -0.39 is 0 Å². The first-order valence-electron chi connectivity index (χ1n) is 6.36. The summed E-state index contributed by atoms with van der Waals surface area (Å²) < 4.78 is 5.49. The molecule has 94 valence electrons. The van der Waals surface area contributed by atoms with Gasteiger partial charge >= 0.3 is 0 Å². The lowest BCUT2D eigenvalue weighted by atomic mass is 9.93. The summed E-state index contributed by atoms with van der Waals surface area (Å²) in [7, 11) is 0. The third-order valence-corrected chi connectivity index (χ3v) is 3.59. The van der Waals surface area contributed by atoms with Crippen molar-refractivity contribution < 1.29 is 9.52 Å². The normalized spacial score (nSPS) is 18.4. The second-order valence-electron chi connectivity index (χ2n) is 4.89. The molecular formula is C15H17NO2. The molecule has 0 spiro atoms. The molecule has 1 heterocycles. The standard InChI is InChI=1S/C15H17NO2/c1-10-9-11(5-6-14(10)17)16-13-3-2-4-15-12(13)7-8-18-15/h5-9,13,16-17H,2-4H2,1H3. The van der Waals surface area contributed by atoms with E-state index in [1.807, 2.05) is 19.1 Å². The second-order valence-corrected chi connectivity index (χ2v) is 4.89. The highest BCUT2D eigenvalue weighted by atomic mass is 16.3. The average molecular weight is 243 g/mol. The van der Waals surface area contributed by atoms with Crippen LogP contribution in [0.5, 0.6) is 5.75 Å². The summed E-state index contributed by atoms with van der Waals surface area (Å²) >= 11 is 0. The van der Waals surface area contributed by atoms with Crippen molar-refractivity contribution in [2.75, 3.05) is 5.32 Å². The van der Waals surface area contributed by atoms with Crippen molar-refractivity contribution in [1.82, 2.24) is 0 Å². The summed E-state index contributed by atoms with van der Waals surface area (Å²) in [4.78, 5) is 0. The molecule has 1 unspecified atom stereocenters. The van der Waals surface area contributed by atoms with E-state index in [0.717, 1.165) is 36.3 Å². The maximum absolute atomic E-state index is 9.53. The summed E-state index contributed by atoms with van der Waals surface area (Å²) in [5.74, 6) is 1.45. The lowest BCUT2D eigenvalue weighted by molar-refractivity contribution is 0.461. The summed E-state index contributed by atoms with van der Waals surface area (Å²) in [6.07, 6.45) is 5.07. The van der Waals surface area contributed by atoms with E-state index in [1.54, 1.807) is 12.3 Å². The number of aromatic hydroxyl groups is 1. The summed E-state index contributed by atoms with van der Waals surface area (Å²) in [6.45, 7) is 1.91. The number of phenolic OH excluding ortho intramolecular Hbond substituents is 1. The Bertz CT molecular complexity index is 559. The Hall–Kier alpha value is -1.90. The molecule has 0 fully saturated rings. The maximum Gasteiger partial charge on any atom is 0.118 e. The first-order valence-corrected chi connectivity index (χ1v) is 6.36. The summed E-state index contributed by atoms with van der Waals surface area (Å²) in [5.41, 5.74) is 3.21. The van der Waals surface area contributed by atoms with Gasteiger partial charge in [0.15, 0.2) is 0 Å². The molecule has 1 aromatic heterocycles. The van der Waals surface area contributed by atoms with Gasteiger partial charge < -0.3 is 14.8 Å². The minimum atomic E-state index is 0.316. The van der Waals surface area contributed by atoms with Gasteiger partial charge in [0.2, 0.25) is 0 Å². The maximum atomic E-state index is 9.53. The molecule has 0 saturated heterocycles. The third-order valence-electron chi connectivity index (χ3n) is 3.59. The highest BCUT2D eigenvalue weighted by Crippen LogP contribution is 2.33. The Morgan fingerprint density at radius 3 is 3.06 bits per heavy atom. The quantitative estimate of drug-likeness (QED) is 0.789. The Morgan fingerprint density at radius 1 is 1.33 bits per heavy atom. The number of hydrogen-bond acceptors (Lipinski definition) is 3. The first-order chi connectivity index (χ1) is 8.74. The van der Waals surface area contributed by atoms with Gasteiger partial charge in [-0.15, -0.1) is 0 Å². The van der Waals surface area contributed by atoms with Crippen LogP contribution in [0, 0.1) is 6.92 Å². The molecule has 3 rings (SSSR count). The van der Waals surface area contributed by atoms with Crippen molar-refractivity contribution >= 4 is 5.69 Å². The van der Waals surface area contributed by atoms with E-state index in [9.17, 15) is 5.11 Å². The number of hydrogen-bond donors (Lipinski definition) is 2. The van der Waals surface area contributed by atoms with Crippen LogP contribution < -0.4 is 5.32 Å². The number of furan rings is 1. The SMILES string of the molecule is Cc1cc(NC2CCCc3occc32)ccc1O. The number of fused-ring (bicyclic) bond motifs is 1. The molecule has 3 nitrogen and oxygen atoms in total. The average Bonchev–Trinajstić information content (AvgIpc) is 2.83. The van der Waals surface area contributed by atoms with Crippen LogP contribution in [0.2, 0.25) is 0 Å². The number of phenols is 1. The van der Waals surface area contributed by atoms with Crippen LogP contribution in [0.15, 0.2) is 34.9 Å². The Morgan fingerprint density at radius 2 is 2.22 bits per heavy atom. The van der Waals surface area contributed by atoms with E-state index in [-0.39, 0.29) is 0 Å². The van der Waals surface area contributed by atoms with Crippen LogP contribution in [0.1, 0.15) is 35.8 Å². The van der Waals surface area contributed by atoms with Crippen LogP contribution in [0.4, 0.5) is 5.69 Å². The molecule has 3 heteroatoms. The molecule has 1 aromatic carbocycles. The van der Waals surface area contributed by atoms with Crippen molar-refractivity contribution in [3.8, 4) is 5.75 Å². The molecule has 1 aliphatic carbocycles. The monoisotopic (exact) mass is 243 g/mol. The lowest BCUT2D eigenvalue weighted by Gasteiger charge is -2.24. The van der Waals surface area contributed by atoms with Crippen molar-refractivity contribution in [2.45, 2.75) is 32.2 Å². The zero-order valence-electron chi connectivity index (χ0n) is 10.4. The van der Waals surface area contributed by atoms with Crippen LogP contribution in [0.25, 0.3) is 0 Å². The van der Waals surface area contributed by atoms with Gasteiger partial charge in [-0.25, -0.2) is 0 Å². The number of aryl methyl sites for hydroxylation is 2. The predicted octanol–water partition coefficient (Wildman–Crippen LogP) is 3.78. The molecular weight excluding hydrogens is 226 g/mol. The minimum absolute atomic E-state index is 0.316. The molecule has 1 aliphatic rings. The fourth-order valence-corrected chi connectivity index (χ4v) is 2.58. The Balaban J connectivity index is 1.84. The van der Waals surface area contributed by atoms with Gasteiger partial charge in [-0.1, -0.05) is 0 Å². The topological polar surface area (TPSA) is 45.4 Å². The zero-order valence-corrected chi connectivity index (χ0v) is 10.4. The number of benzene rings is 1. The minimum Gasteiger partial charge on any atom is -0.508 e. The molecule has 2 aromatic rings. The highest BCUT2D eigenvalue weighted by molar-refractivity contribution is 5.52. The lowest BCUT2D eigenvalue weighted by Crippen LogP contribution is -2.15. The number of nitrogens with one attached hydrogen (secondary N) is 1. The van der Waals surface area contributed by atoms with E-state index in [0.29, 0.717) is 11.8 Å². The van der Waals surface area contributed by atoms with Crippen LogP contribution >= 0.6 is 0 Å². The predicted molar refractivity (Wildman–Crippen MR) is 70.9 cm³/mol. The zero-order chi connectivity index (χ0) is 12.5. The largest absolute Gasteiger partial charge is 0.508 e. The first kappa shape index (κ1) is 11.2. The van der Waals surface area contributed by atoms with Crippen molar-refractivity contribution in [2.24, 2.45) is 0 Å². The molecule has 0 amide bonds. The molecule has 0 aliphatic heterocycles. The Labute approximate surface area is 106 Å². The Kier molecular flexibility index (Phi) is 2.74. The summed E-state index contributed by atoms with van der Waals surface area (Å²) in [6, 6.07) is 7.99. The second kappa shape index (κ2) is 4.41. The van der Waals surface area contributed by atoms with Gasteiger partial charge in [0.25, 0.3) is 0 Å². The van der Waals surface area contributed by atoms with Gasteiger partial charge in [0.1, 0.15) is 11.5 Å². The molecule has 1 atom stereocenters. The van der Waals surface area contributed by atoms with Gasteiger partial charge in [-0.05, 0) is 49.6 Å². The van der Waals surface area contributed by atoms with Crippen LogP contribution in [-0.2, 0) is 6.42 Å². The molecule has 2 N–H and O–H groups in total. The fourth-order valence-electron chi connectivity index (χ4n) is 2.58. The van der Waals surface area contributed by atoms with Crippen LogP contribution in [0.3, 0.4) is 0 Å². The van der Waals surface area contributed by atoms with E-state index in [4.69, 9.17) is 4.42 Å². The smallest absolute Gasteiger partial charge is 0.118 e. The molecule has 18 heavy (non-hydrogen) atoms. The van der Waals surface area contributed by atoms with E-state index >= 15 is 0 Å². The molecule has 0 radical (unpaired) electrons. The van der Waals surface area contributed by atoms with Crippen molar-refractivity contribution in [3.05, 3.63) is 47.4 Å². The van der Waals surface area contributed by atoms with Gasteiger partial charge in [-0.2, -0.15) is 0 Å². The van der Waals surface area contributed by atoms with Crippen molar-refractivity contribution in [1.29, 1.82) is 0 Å². The van der Waals surface area contributed by atoms with Gasteiger partial charge in [0, 0.05) is 17.7 Å². The third kappa shape index (κ3) is 1.96. The summed E-state index contributed by atoms with van der Waals surface area (Å²) in [5, 5.41) is 13.1. The number of rotatable bonds is 2. The highest BCUT2D eigenvalue weighted by Gasteiger charge is 2.22. The van der Waals surface area contributed by atoms with Crippen LogP contribution in [-0.4, -0.2) is 5.11 Å².